The maximum Gasteiger partial charge on any atom is 0.425 e. The molecule has 1 amide bonds. The van der Waals surface area contributed by atoms with Crippen LogP contribution in [0.5, 0.6) is 5.88 Å². The molecule has 0 N–H and O–H groups in total. The third kappa shape index (κ3) is 7.85. The van der Waals surface area contributed by atoms with Gasteiger partial charge in [-0.3, -0.25) is 9.48 Å². The topological polar surface area (TPSA) is 85.5 Å². The van der Waals surface area contributed by atoms with Gasteiger partial charge in [-0.2, -0.15) is 18.3 Å². The maximum atomic E-state index is 12.8. The van der Waals surface area contributed by atoms with Crippen molar-refractivity contribution in [1.82, 2.24) is 24.6 Å². The average molecular weight is 535 g/mol. The summed E-state index contributed by atoms with van der Waals surface area (Å²) in [7, 11) is 1.80. The van der Waals surface area contributed by atoms with Crippen molar-refractivity contribution in [2.24, 2.45) is 23.9 Å². The molecule has 38 heavy (non-hydrogen) atoms. The van der Waals surface area contributed by atoms with Crippen LogP contribution in [0.3, 0.4) is 0 Å². The van der Waals surface area contributed by atoms with Crippen molar-refractivity contribution in [1.29, 1.82) is 0 Å². The molecular weight excluding hydrogens is 497 g/mol. The molecule has 1 fully saturated rings. The first-order valence-corrected chi connectivity index (χ1v) is 13.4. The zero-order valence-corrected chi connectivity index (χ0v) is 22.4. The lowest BCUT2D eigenvalue weighted by molar-refractivity contribution is -0.190. The van der Waals surface area contributed by atoms with E-state index in [-0.39, 0.29) is 18.2 Å². The summed E-state index contributed by atoms with van der Waals surface area (Å²) in [4.78, 5) is 27.4. The minimum atomic E-state index is -4.41. The number of aryl methyl sites for hydroxylation is 2. The van der Waals surface area contributed by atoms with Crippen molar-refractivity contribution in [2.75, 3.05) is 19.6 Å². The van der Waals surface area contributed by atoms with Gasteiger partial charge in [-0.1, -0.05) is 6.07 Å². The molecule has 1 aliphatic carbocycles. The van der Waals surface area contributed by atoms with E-state index in [1.165, 1.54) is 0 Å². The predicted octanol–water partition coefficient (Wildman–Crippen LogP) is 4.29. The highest BCUT2D eigenvalue weighted by molar-refractivity contribution is 5.86. The van der Waals surface area contributed by atoms with Crippen LogP contribution in [-0.2, 0) is 31.1 Å². The molecule has 0 radical (unpaired) electrons. The fourth-order valence-electron chi connectivity index (χ4n) is 5.11. The van der Waals surface area contributed by atoms with E-state index in [1.54, 1.807) is 17.8 Å². The molecular formula is C27H37F3N6O2. The number of hydrogen-bond donors (Lipinski definition) is 0. The standard InChI is InChI=1S/C27H37F3N6O2/c1-18(27(28,29)30)38-26-9-8-22-11-14-36(15-12-23(22)33-26)13-10-20-4-6-21(7-5-20)17-31-25(37)16-24-32-19(2)35(3)34-24/h8-9,17-18,20-21H,4-7,10-16H2,1-3H3/t18-,20?,21?/m1/s1. The third-order valence-electron chi connectivity index (χ3n) is 7.67. The fraction of sp³-hybridized carbons (Fsp3) is 0.667. The summed E-state index contributed by atoms with van der Waals surface area (Å²) in [6, 6.07) is 3.40. The molecule has 8 nitrogen and oxygen atoms in total. The first-order valence-electron chi connectivity index (χ1n) is 13.4. The quantitative estimate of drug-likeness (QED) is 0.470. The monoisotopic (exact) mass is 534 g/mol. The number of hydrogen-bond acceptors (Lipinski definition) is 6. The Hall–Kier alpha value is -2.82. The number of aliphatic imine (C=N–C) groups is 1. The molecule has 11 heteroatoms. The molecule has 2 aliphatic rings. The zero-order chi connectivity index (χ0) is 27.3. The fourth-order valence-corrected chi connectivity index (χ4v) is 5.11. The largest absolute Gasteiger partial charge is 0.465 e. The number of pyridine rings is 1. The highest BCUT2D eigenvalue weighted by Gasteiger charge is 2.38. The van der Waals surface area contributed by atoms with Crippen molar-refractivity contribution >= 4 is 12.1 Å². The van der Waals surface area contributed by atoms with Gasteiger partial charge in [0.1, 0.15) is 5.82 Å². The van der Waals surface area contributed by atoms with Crippen LogP contribution in [0.25, 0.3) is 0 Å². The van der Waals surface area contributed by atoms with Crippen LogP contribution in [0.15, 0.2) is 17.1 Å². The molecule has 4 rings (SSSR count). The summed E-state index contributed by atoms with van der Waals surface area (Å²) < 4.78 is 45.1. The van der Waals surface area contributed by atoms with Crippen LogP contribution in [0.2, 0.25) is 0 Å². The van der Waals surface area contributed by atoms with Crippen molar-refractivity contribution in [3.05, 3.63) is 35.0 Å². The molecule has 2 aromatic rings. The van der Waals surface area contributed by atoms with E-state index in [0.29, 0.717) is 24.1 Å². The summed E-state index contributed by atoms with van der Waals surface area (Å²) in [6.45, 7) is 5.61. The molecule has 0 aromatic carbocycles. The Morgan fingerprint density at radius 2 is 1.92 bits per heavy atom. The molecule has 1 saturated carbocycles. The number of carbonyl (C=O) groups excluding carboxylic acids is 1. The summed E-state index contributed by atoms with van der Waals surface area (Å²) >= 11 is 0. The predicted molar refractivity (Wildman–Crippen MR) is 137 cm³/mol. The van der Waals surface area contributed by atoms with E-state index in [9.17, 15) is 18.0 Å². The lowest BCUT2D eigenvalue weighted by Crippen LogP contribution is -2.31. The van der Waals surface area contributed by atoms with Crippen LogP contribution < -0.4 is 4.74 Å². The lowest BCUT2D eigenvalue weighted by atomic mass is 9.81. The van der Waals surface area contributed by atoms with Gasteiger partial charge in [-0.05, 0) is 76.3 Å². The minimum absolute atomic E-state index is 0.0347. The van der Waals surface area contributed by atoms with Gasteiger partial charge in [0.15, 0.2) is 11.9 Å². The van der Waals surface area contributed by atoms with Crippen molar-refractivity contribution in [3.8, 4) is 5.88 Å². The number of amides is 1. The van der Waals surface area contributed by atoms with Crippen LogP contribution in [0.1, 0.15) is 61.9 Å². The third-order valence-corrected chi connectivity index (χ3v) is 7.67. The molecule has 0 saturated heterocycles. The van der Waals surface area contributed by atoms with Gasteiger partial charge < -0.3 is 9.64 Å². The van der Waals surface area contributed by atoms with Gasteiger partial charge in [0, 0.05) is 44.5 Å². The van der Waals surface area contributed by atoms with Gasteiger partial charge in [0.25, 0.3) is 5.91 Å². The van der Waals surface area contributed by atoms with Crippen LogP contribution in [0, 0.1) is 18.8 Å². The van der Waals surface area contributed by atoms with E-state index in [2.05, 4.69) is 25.0 Å². The Morgan fingerprint density at radius 3 is 2.61 bits per heavy atom. The van der Waals surface area contributed by atoms with Gasteiger partial charge in [-0.15, -0.1) is 0 Å². The van der Waals surface area contributed by atoms with Crippen molar-refractivity contribution in [3.63, 3.8) is 0 Å². The van der Waals surface area contributed by atoms with Gasteiger partial charge in [0.05, 0.1) is 6.42 Å². The van der Waals surface area contributed by atoms with Crippen LogP contribution in [-0.4, -0.2) is 68.7 Å². The smallest absolute Gasteiger partial charge is 0.425 e. The molecule has 0 unspecified atom stereocenters. The minimum Gasteiger partial charge on any atom is -0.465 e. The number of aromatic nitrogens is 4. The number of fused-ring (bicyclic) bond motifs is 1. The number of alkyl halides is 3. The van der Waals surface area contributed by atoms with Gasteiger partial charge >= 0.3 is 6.18 Å². The van der Waals surface area contributed by atoms with Crippen LogP contribution >= 0.6 is 0 Å². The Balaban J connectivity index is 1.17. The number of ether oxygens (including phenoxy) is 1. The highest BCUT2D eigenvalue weighted by atomic mass is 19.4. The summed E-state index contributed by atoms with van der Waals surface area (Å²) in [5, 5.41) is 4.21. The number of carbonyl (C=O) groups is 1. The average Bonchev–Trinajstić information content (AvgIpc) is 3.06. The second-order valence-electron chi connectivity index (χ2n) is 10.5. The normalized spacial score (nSPS) is 21.7. The van der Waals surface area contributed by atoms with Gasteiger partial charge in [0.2, 0.25) is 5.88 Å². The first kappa shape index (κ1) is 28.2. The Morgan fingerprint density at radius 1 is 1.18 bits per heavy atom. The van der Waals surface area contributed by atoms with E-state index in [1.807, 2.05) is 19.2 Å². The summed E-state index contributed by atoms with van der Waals surface area (Å²) in [5.41, 5.74) is 1.92. The molecule has 3 heterocycles. The molecule has 1 atom stereocenters. The van der Waals surface area contributed by atoms with Crippen molar-refractivity contribution < 1.29 is 22.7 Å². The molecule has 0 spiro atoms. The number of halogens is 3. The Bertz CT molecular complexity index is 1110. The Labute approximate surface area is 221 Å². The highest BCUT2D eigenvalue weighted by Crippen LogP contribution is 2.31. The molecule has 0 bridgehead atoms. The molecule has 2 aromatic heterocycles. The number of nitrogens with zero attached hydrogens (tertiary/aromatic N) is 6. The second kappa shape index (κ2) is 12.4. The second-order valence-corrected chi connectivity index (χ2v) is 10.5. The van der Waals surface area contributed by atoms with E-state index >= 15 is 0 Å². The van der Waals surface area contributed by atoms with E-state index in [0.717, 1.165) is 82.2 Å². The summed E-state index contributed by atoms with van der Waals surface area (Å²) in [5.74, 6) is 2.10. The Kier molecular flexibility index (Phi) is 9.17. The van der Waals surface area contributed by atoms with Crippen LogP contribution in [0.4, 0.5) is 13.2 Å². The SMILES string of the molecule is Cc1nc(CC(=O)N=CC2CCC(CCN3CCc4ccc(O[C@H](C)C(F)(F)F)nc4CC3)CC2)nn1C. The van der Waals surface area contributed by atoms with Gasteiger partial charge in [-0.25, -0.2) is 15.0 Å². The lowest BCUT2D eigenvalue weighted by Gasteiger charge is -2.28. The van der Waals surface area contributed by atoms with E-state index in [4.69, 9.17) is 4.74 Å². The van der Waals surface area contributed by atoms with E-state index < -0.39 is 12.3 Å². The zero-order valence-electron chi connectivity index (χ0n) is 22.4. The van der Waals surface area contributed by atoms with Crippen molar-refractivity contribution in [2.45, 2.75) is 77.5 Å². The number of rotatable bonds is 8. The molecule has 1 aliphatic heterocycles. The summed E-state index contributed by atoms with van der Waals surface area (Å²) in [6.07, 6.45) is 2.64. The first-order chi connectivity index (χ1) is 18.1. The molecule has 208 valence electrons. The maximum absolute atomic E-state index is 12.8.